The highest BCUT2D eigenvalue weighted by atomic mass is 79.9. The smallest absolute Gasteiger partial charge is 0.221 e. The second kappa shape index (κ2) is 8.95. The first kappa shape index (κ1) is 19.4. The second-order valence-corrected chi connectivity index (χ2v) is 6.34. The van der Waals surface area contributed by atoms with Crippen LogP contribution in [-0.2, 0) is 4.79 Å². The Bertz CT molecular complexity index is 849. The summed E-state index contributed by atoms with van der Waals surface area (Å²) in [5, 5.41) is 3.51. The van der Waals surface area contributed by atoms with Crippen LogP contribution in [0.2, 0.25) is 5.02 Å². The maximum absolute atomic E-state index is 14.1. The van der Waals surface area contributed by atoms with Crippen molar-refractivity contribution in [3.63, 3.8) is 0 Å². The first-order chi connectivity index (χ1) is 12.0. The van der Waals surface area contributed by atoms with Gasteiger partial charge < -0.3 is 5.32 Å². The van der Waals surface area contributed by atoms with Gasteiger partial charge in [0, 0.05) is 16.2 Å². The van der Waals surface area contributed by atoms with E-state index in [4.69, 9.17) is 28.6 Å². The number of aliphatic imine (C=N–C) groups is 1. The number of thiocarbonyl (C=S) groups is 1. The molecule has 0 bridgehead atoms. The van der Waals surface area contributed by atoms with Gasteiger partial charge in [-0.3, -0.25) is 20.2 Å². The summed E-state index contributed by atoms with van der Waals surface area (Å²) in [6.45, 7) is 0.253. The number of hydrazine groups is 1. The molecular weight excluding hydrogens is 433 g/mol. The molecule has 1 amide bonds. The van der Waals surface area contributed by atoms with Gasteiger partial charge in [0.05, 0.1) is 23.0 Å². The van der Waals surface area contributed by atoms with Crippen molar-refractivity contribution in [1.29, 1.82) is 0 Å². The lowest BCUT2D eigenvalue weighted by molar-refractivity contribution is -0.109. The molecule has 25 heavy (non-hydrogen) atoms. The second-order valence-electron chi connectivity index (χ2n) is 4.62. The zero-order valence-electron chi connectivity index (χ0n) is 12.6. The van der Waals surface area contributed by atoms with E-state index in [2.05, 4.69) is 37.1 Å². The normalized spacial score (nSPS) is 12.6. The molecule has 0 saturated carbocycles. The Balaban J connectivity index is 0.000000511. The minimum absolute atomic E-state index is 0.158. The summed E-state index contributed by atoms with van der Waals surface area (Å²) in [7, 11) is 0. The number of benzene rings is 1. The van der Waals surface area contributed by atoms with Gasteiger partial charge in [-0.2, -0.15) is 0 Å². The monoisotopic (exact) mass is 443 g/mol. The largest absolute Gasteiger partial charge is 0.348 e. The molecular formula is C15H12BrClFN5OS. The number of aromatic nitrogens is 1. The molecule has 0 aliphatic carbocycles. The van der Waals surface area contributed by atoms with Gasteiger partial charge in [-0.25, -0.2) is 10.2 Å². The molecule has 0 radical (unpaired) electrons. The molecule has 2 aromatic rings. The van der Waals surface area contributed by atoms with Crippen LogP contribution in [0.1, 0.15) is 11.3 Å². The van der Waals surface area contributed by atoms with E-state index in [-0.39, 0.29) is 12.2 Å². The summed E-state index contributed by atoms with van der Waals surface area (Å²) in [6, 6.07) is 6.49. The zero-order chi connectivity index (χ0) is 18.4. The first-order valence-electron chi connectivity index (χ1n) is 6.83. The fraction of sp³-hybridized carbons (Fsp3) is 0.0667. The summed E-state index contributed by atoms with van der Waals surface area (Å²) >= 11 is 14.9. The number of halogens is 3. The maximum atomic E-state index is 14.1. The van der Waals surface area contributed by atoms with E-state index in [0.717, 1.165) is 0 Å². The minimum Gasteiger partial charge on any atom is -0.348 e. The number of carbonyl (C=O) groups is 1. The minimum atomic E-state index is -0.453. The van der Waals surface area contributed by atoms with E-state index in [1.54, 1.807) is 11.5 Å². The lowest BCUT2D eigenvalue weighted by atomic mass is 10.0. The molecule has 6 nitrogen and oxygen atoms in total. The molecule has 3 rings (SSSR count). The average molecular weight is 445 g/mol. The lowest BCUT2D eigenvalue weighted by Crippen LogP contribution is -2.18. The van der Waals surface area contributed by atoms with E-state index in [1.165, 1.54) is 18.3 Å². The van der Waals surface area contributed by atoms with Gasteiger partial charge in [-0.1, -0.05) is 23.8 Å². The zero-order valence-corrected chi connectivity index (χ0v) is 15.8. The van der Waals surface area contributed by atoms with E-state index in [9.17, 15) is 4.39 Å². The number of fused-ring (bicyclic) bond motifs is 1. The quantitative estimate of drug-likeness (QED) is 0.218. The van der Waals surface area contributed by atoms with Crippen LogP contribution < -0.4 is 16.6 Å². The summed E-state index contributed by atoms with van der Waals surface area (Å²) in [5.41, 5.74) is 3.57. The molecule has 1 aromatic heterocycles. The molecule has 0 fully saturated rings. The van der Waals surface area contributed by atoms with Crippen molar-refractivity contribution < 1.29 is 9.18 Å². The lowest BCUT2D eigenvalue weighted by Gasteiger charge is -2.13. The number of hydrogen-bond donors (Lipinski definition) is 3. The molecule has 2 heterocycles. The molecule has 0 saturated heterocycles. The summed E-state index contributed by atoms with van der Waals surface area (Å²) in [5.74, 6) is 3.96. The Morgan fingerprint density at radius 1 is 1.44 bits per heavy atom. The molecule has 0 unspecified atom stereocenters. The number of rotatable bonds is 2. The van der Waals surface area contributed by atoms with Gasteiger partial charge in [0.2, 0.25) is 6.41 Å². The number of benzodiazepines with no additional fused rings is 1. The Hall–Kier alpha value is -1.94. The van der Waals surface area contributed by atoms with Gasteiger partial charge in [0.25, 0.3) is 0 Å². The third kappa shape index (κ3) is 4.57. The predicted octanol–water partition coefficient (Wildman–Crippen LogP) is 2.83. The van der Waals surface area contributed by atoms with Gasteiger partial charge in [0.1, 0.15) is 10.7 Å². The Morgan fingerprint density at radius 2 is 2.16 bits per heavy atom. The summed E-state index contributed by atoms with van der Waals surface area (Å²) in [6.07, 6.45) is 1.92. The fourth-order valence-electron chi connectivity index (χ4n) is 2.06. The molecule has 1 aromatic carbocycles. The third-order valence-electron chi connectivity index (χ3n) is 3.04. The van der Waals surface area contributed by atoms with E-state index in [1.807, 2.05) is 6.07 Å². The number of nitrogens with two attached hydrogens (primary N) is 1. The van der Waals surface area contributed by atoms with Crippen LogP contribution in [0.15, 0.2) is 39.9 Å². The van der Waals surface area contributed by atoms with Crippen LogP contribution in [0.5, 0.6) is 0 Å². The van der Waals surface area contributed by atoms with Crippen molar-refractivity contribution >= 4 is 62.5 Å². The molecule has 10 heteroatoms. The molecule has 0 spiro atoms. The van der Waals surface area contributed by atoms with Crippen molar-refractivity contribution in [2.75, 3.05) is 11.9 Å². The molecule has 130 valence electrons. The summed E-state index contributed by atoms with van der Waals surface area (Å²) in [4.78, 5) is 18.0. The Kier molecular flexibility index (Phi) is 6.94. The number of amides is 1. The van der Waals surface area contributed by atoms with Crippen molar-refractivity contribution in [3.05, 3.63) is 57.0 Å². The highest BCUT2D eigenvalue weighted by Crippen LogP contribution is 2.35. The van der Waals surface area contributed by atoms with E-state index >= 15 is 0 Å². The maximum Gasteiger partial charge on any atom is 0.221 e. The van der Waals surface area contributed by atoms with Gasteiger partial charge in [0.15, 0.2) is 5.82 Å². The van der Waals surface area contributed by atoms with Gasteiger partial charge >= 0.3 is 0 Å². The molecule has 1 aliphatic heterocycles. The van der Waals surface area contributed by atoms with Crippen LogP contribution in [0.25, 0.3) is 0 Å². The fourth-order valence-corrected chi connectivity index (χ4v) is 2.82. The van der Waals surface area contributed by atoms with Crippen LogP contribution >= 0.6 is 39.7 Å². The van der Waals surface area contributed by atoms with Crippen molar-refractivity contribution in [1.82, 2.24) is 10.4 Å². The highest BCUT2D eigenvalue weighted by Gasteiger charge is 2.23. The van der Waals surface area contributed by atoms with E-state index < -0.39 is 5.82 Å². The topological polar surface area (TPSA) is 92.4 Å². The van der Waals surface area contributed by atoms with Gasteiger partial charge in [-0.05, 0) is 40.2 Å². The van der Waals surface area contributed by atoms with Crippen LogP contribution in [0, 0.1) is 5.82 Å². The van der Waals surface area contributed by atoms with E-state index in [0.29, 0.717) is 37.9 Å². The number of nitrogens with zero attached hydrogens (tertiary/aromatic N) is 2. The SMILES string of the molecule is Fc1cccnc1C1=NCC(=S)Nc2ccc(Br)c(Cl)c21.NNC=O. The third-order valence-corrected chi connectivity index (χ3v) is 4.55. The number of nitrogens with one attached hydrogen (secondary N) is 2. The van der Waals surface area contributed by atoms with Crippen LogP contribution in [0.4, 0.5) is 10.1 Å². The molecule has 4 N–H and O–H groups in total. The molecule has 0 atom stereocenters. The Labute approximate surface area is 161 Å². The van der Waals surface area contributed by atoms with Crippen molar-refractivity contribution in [2.24, 2.45) is 10.8 Å². The number of pyridine rings is 1. The average Bonchev–Trinajstić information content (AvgIpc) is 2.78. The summed E-state index contributed by atoms with van der Waals surface area (Å²) < 4.78 is 14.8. The Morgan fingerprint density at radius 3 is 2.80 bits per heavy atom. The molecule has 1 aliphatic rings. The standard InChI is InChI=1S/C14H8BrClFN3S.CH4N2O/c15-7-3-4-9-11(12(7)16)14(19-6-10(21)20-9)13-8(17)2-1-5-18-13;2-3-1-4/h1-5H,6H2,(H,20,21);1H,2H2,(H,3,4). The van der Waals surface area contributed by atoms with Crippen molar-refractivity contribution in [2.45, 2.75) is 0 Å². The van der Waals surface area contributed by atoms with Crippen molar-refractivity contribution in [3.8, 4) is 0 Å². The van der Waals surface area contributed by atoms with Crippen LogP contribution in [0.3, 0.4) is 0 Å². The van der Waals surface area contributed by atoms with Crippen LogP contribution in [-0.4, -0.2) is 28.6 Å². The highest BCUT2D eigenvalue weighted by molar-refractivity contribution is 9.10. The number of hydrogen-bond acceptors (Lipinski definition) is 5. The van der Waals surface area contributed by atoms with Gasteiger partial charge in [-0.15, -0.1) is 0 Å². The number of carbonyl (C=O) groups excluding carboxylic acids is 1. The first-order valence-corrected chi connectivity index (χ1v) is 8.40. The number of anilines is 1. The predicted molar refractivity (Wildman–Crippen MR) is 103 cm³/mol.